The molecule has 0 aliphatic rings. The molecule has 0 aromatic heterocycles. The van der Waals surface area contributed by atoms with Crippen molar-refractivity contribution in [2.75, 3.05) is 19.1 Å². The van der Waals surface area contributed by atoms with Gasteiger partial charge in [0.05, 0.1) is 7.11 Å². The molecule has 0 saturated carbocycles. The fourth-order valence-electron chi connectivity index (χ4n) is 2.35. The van der Waals surface area contributed by atoms with Crippen molar-refractivity contribution in [2.45, 2.75) is 19.4 Å². The number of hydrogen-bond acceptors (Lipinski definition) is 3. The largest absolute Gasteiger partial charge is 0.497 e. The van der Waals surface area contributed by atoms with Gasteiger partial charge in [0.1, 0.15) is 5.75 Å². The second-order valence-corrected chi connectivity index (χ2v) is 6.13. The van der Waals surface area contributed by atoms with Crippen molar-refractivity contribution in [3.05, 3.63) is 52.5 Å². The first-order valence-corrected chi connectivity index (χ1v) is 7.72. The zero-order valence-electron chi connectivity index (χ0n) is 12.6. The van der Waals surface area contributed by atoms with E-state index < -0.39 is 0 Å². The molecule has 0 saturated heterocycles. The third kappa shape index (κ3) is 3.99. The van der Waals surface area contributed by atoms with Crippen molar-refractivity contribution in [3.8, 4) is 5.75 Å². The van der Waals surface area contributed by atoms with Gasteiger partial charge in [0.25, 0.3) is 0 Å². The minimum absolute atomic E-state index is 0.122. The van der Waals surface area contributed by atoms with E-state index >= 15 is 0 Å². The highest BCUT2D eigenvalue weighted by molar-refractivity contribution is 9.10. The Morgan fingerprint density at radius 1 is 1.24 bits per heavy atom. The van der Waals surface area contributed by atoms with Crippen molar-refractivity contribution >= 4 is 27.3 Å². The van der Waals surface area contributed by atoms with E-state index in [0.717, 1.165) is 28.0 Å². The Bertz CT molecular complexity index is 613. The Kier molecular flexibility index (Phi) is 5.26. The van der Waals surface area contributed by atoms with E-state index in [0.29, 0.717) is 0 Å². The van der Waals surface area contributed by atoms with E-state index in [-0.39, 0.29) is 6.04 Å². The average molecular weight is 349 g/mol. The van der Waals surface area contributed by atoms with Gasteiger partial charge in [-0.3, -0.25) is 0 Å². The van der Waals surface area contributed by atoms with E-state index in [4.69, 9.17) is 10.5 Å². The van der Waals surface area contributed by atoms with Crippen LogP contribution in [0.5, 0.6) is 5.75 Å². The van der Waals surface area contributed by atoms with Crippen molar-refractivity contribution in [3.63, 3.8) is 0 Å². The molecule has 0 amide bonds. The number of methoxy groups -OCH3 is 1. The number of halogens is 1. The maximum Gasteiger partial charge on any atom is 0.120 e. The normalized spacial score (nSPS) is 12.0. The smallest absolute Gasteiger partial charge is 0.120 e. The van der Waals surface area contributed by atoms with Crippen LogP contribution in [0.25, 0.3) is 0 Å². The van der Waals surface area contributed by atoms with Gasteiger partial charge < -0.3 is 15.4 Å². The molecule has 2 aromatic rings. The van der Waals surface area contributed by atoms with Crippen LogP contribution < -0.4 is 15.4 Å². The number of hydrogen-bond donors (Lipinski definition) is 1. The van der Waals surface area contributed by atoms with Crippen molar-refractivity contribution in [2.24, 2.45) is 5.73 Å². The third-order valence-electron chi connectivity index (χ3n) is 3.39. The summed E-state index contributed by atoms with van der Waals surface area (Å²) in [5, 5.41) is 0. The van der Waals surface area contributed by atoms with Crippen LogP contribution in [-0.2, 0) is 6.42 Å². The summed E-state index contributed by atoms with van der Waals surface area (Å²) >= 11 is 3.54. The Morgan fingerprint density at radius 3 is 2.67 bits per heavy atom. The summed E-state index contributed by atoms with van der Waals surface area (Å²) in [6.45, 7) is 2.02. The summed E-state index contributed by atoms with van der Waals surface area (Å²) < 4.78 is 6.37. The molecule has 2 aromatic carbocycles. The van der Waals surface area contributed by atoms with E-state index in [9.17, 15) is 0 Å². The number of rotatable bonds is 5. The lowest BCUT2D eigenvalue weighted by Crippen LogP contribution is -2.20. The van der Waals surface area contributed by atoms with Gasteiger partial charge in [0.15, 0.2) is 0 Å². The SMILES string of the molecule is COc1cccc(N(C)c2ccc(Br)cc2CC(C)N)c1. The minimum atomic E-state index is 0.122. The number of anilines is 2. The van der Waals surface area contributed by atoms with Crippen LogP contribution in [0.3, 0.4) is 0 Å². The Labute approximate surface area is 134 Å². The lowest BCUT2D eigenvalue weighted by Gasteiger charge is -2.24. The summed E-state index contributed by atoms with van der Waals surface area (Å²) in [7, 11) is 3.74. The zero-order valence-corrected chi connectivity index (χ0v) is 14.2. The molecule has 2 N–H and O–H groups in total. The maximum absolute atomic E-state index is 5.97. The molecule has 1 unspecified atom stereocenters. The molecule has 0 spiro atoms. The lowest BCUT2D eigenvalue weighted by molar-refractivity contribution is 0.415. The predicted molar refractivity (Wildman–Crippen MR) is 92.6 cm³/mol. The molecule has 1 atom stereocenters. The molecule has 0 aliphatic carbocycles. The highest BCUT2D eigenvalue weighted by atomic mass is 79.9. The first-order valence-electron chi connectivity index (χ1n) is 6.93. The van der Waals surface area contributed by atoms with Gasteiger partial charge in [-0.2, -0.15) is 0 Å². The molecular formula is C17H21BrN2O. The quantitative estimate of drug-likeness (QED) is 0.883. The van der Waals surface area contributed by atoms with Crippen LogP contribution >= 0.6 is 15.9 Å². The first kappa shape index (κ1) is 15.9. The third-order valence-corrected chi connectivity index (χ3v) is 3.88. The first-order chi connectivity index (χ1) is 10.0. The number of nitrogens with two attached hydrogens (primary N) is 1. The van der Waals surface area contributed by atoms with Crippen LogP contribution in [0.15, 0.2) is 46.9 Å². The van der Waals surface area contributed by atoms with Crippen LogP contribution in [0.2, 0.25) is 0 Å². The molecular weight excluding hydrogens is 328 g/mol. The van der Waals surface area contributed by atoms with Crippen LogP contribution in [0, 0.1) is 0 Å². The monoisotopic (exact) mass is 348 g/mol. The molecule has 0 heterocycles. The zero-order chi connectivity index (χ0) is 15.4. The second-order valence-electron chi connectivity index (χ2n) is 5.21. The highest BCUT2D eigenvalue weighted by Gasteiger charge is 2.12. The molecule has 0 fully saturated rings. The molecule has 2 rings (SSSR count). The predicted octanol–water partition coefficient (Wildman–Crippen LogP) is 4.12. The summed E-state index contributed by atoms with van der Waals surface area (Å²) in [4.78, 5) is 2.16. The number of ether oxygens (including phenoxy) is 1. The van der Waals surface area contributed by atoms with Gasteiger partial charge >= 0.3 is 0 Å². The summed E-state index contributed by atoms with van der Waals surface area (Å²) in [6.07, 6.45) is 0.836. The second kappa shape index (κ2) is 6.96. The Morgan fingerprint density at radius 2 is 2.00 bits per heavy atom. The molecule has 3 nitrogen and oxygen atoms in total. The summed E-state index contributed by atoms with van der Waals surface area (Å²) in [5.74, 6) is 0.852. The summed E-state index contributed by atoms with van der Waals surface area (Å²) in [6, 6.07) is 14.5. The number of benzene rings is 2. The molecule has 21 heavy (non-hydrogen) atoms. The number of nitrogens with zero attached hydrogens (tertiary/aromatic N) is 1. The van der Waals surface area contributed by atoms with Crippen LogP contribution in [-0.4, -0.2) is 20.2 Å². The van der Waals surface area contributed by atoms with Crippen LogP contribution in [0.4, 0.5) is 11.4 Å². The molecule has 0 radical (unpaired) electrons. The van der Waals surface area contributed by atoms with E-state index in [1.165, 1.54) is 5.56 Å². The van der Waals surface area contributed by atoms with Gasteiger partial charge in [-0.25, -0.2) is 0 Å². The fraction of sp³-hybridized carbons (Fsp3) is 0.294. The van der Waals surface area contributed by atoms with Crippen molar-refractivity contribution in [1.29, 1.82) is 0 Å². The van der Waals surface area contributed by atoms with Gasteiger partial charge in [0.2, 0.25) is 0 Å². The molecule has 4 heteroatoms. The van der Waals surface area contributed by atoms with E-state index in [1.807, 2.05) is 25.1 Å². The summed E-state index contributed by atoms with van der Waals surface area (Å²) in [5.41, 5.74) is 9.44. The van der Waals surface area contributed by atoms with Gasteiger partial charge in [0, 0.05) is 35.0 Å². The molecule has 0 aliphatic heterocycles. The fourth-order valence-corrected chi connectivity index (χ4v) is 2.76. The topological polar surface area (TPSA) is 38.5 Å². The molecule has 0 bridgehead atoms. The maximum atomic E-state index is 5.97. The lowest BCUT2D eigenvalue weighted by atomic mass is 10.0. The van der Waals surface area contributed by atoms with Crippen molar-refractivity contribution in [1.82, 2.24) is 0 Å². The Hall–Kier alpha value is -1.52. The minimum Gasteiger partial charge on any atom is -0.497 e. The highest BCUT2D eigenvalue weighted by Crippen LogP contribution is 2.31. The standard InChI is InChI=1S/C17H21BrN2O/c1-12(19)9-13-10-14(18)7-8-17(13)20(2)15-5-4-6-16(11-15)21-3/h4-8,10-12H,9,19H2,1-3H3. The van der Waals surface area contributed by atoms with E-state index in [2.05, 4.69) is 52.1 Å². The Balaban J connectivity index is 2.39. The van der Waals surface area contributed by atoms with Gasteiger partial charge in [-0.05, 0) is 49.2 Å². The van der Waals surface area contributed by atoms with Gasteiger partial charge in [-0.15, -0.1) is 0 Å². The van der Waals surface area contributed by atoms with Crippen molar-refractivity contribution < 1.29 is 4.74 Å². The average Bonchev–Trinajstić information content (AvgIpc) is 2.46. The van der Waals surface area contributed by atoms with E-state index in [1.54, 1.807) is 7.11 Å². The van der Waals surface area contributed by atoms with Crippen LogP contribution in [0.1, 0.15) is 12.5 Å². The van der Waals surface area contributed by atoms with Gasteiger partial charge in [-0.1, -0.05) is 22.0 Å². The molecule has 112 valence electrons.